The lowest BCUT2D eigenvalue weighted by atomic mass is 9.85. The van der Waals surface area contributed by atoms with Gasteiger partial charge >= 0.3 is 0 Å². The fourth-order valence-electron chi connectivity index (χ4n) is 4.12. The lowest BCUT2D eigenvalue weighted by Gasteiger charge is -2.45. The van der Waals surface area contributed by atoms with Crippen molar-refractivity contribution in [2.24, 2.45) is 7.05 Å². The van der Waals surface area contributed by atoms with Gasteiger partial charge in [0.25, 0.3) is 5.91 Å². The Balaban J connectivity index is 1.60. The number of likely N-dealkylation sites (tertiary alicyclic amines) is 2. The zero-order valence-corrected chi connectivity index (χ0v) is 14.5. The van der Waals surface area contributed by atoms with Crippen LogP contribution in [0.2, 0.25) is 0 Å². The number of amides is 1. The molecule has 0 bridgehead atoms. The molecule has 2 fully saturated rings. The summed E-state index contributed by atoms with van der Waals surface area (Å²) in [6.07, 6.45) is 6.20. The van der Waals surface area contributed by atoms with Gasteiger partial charge < -0.3 is 9.64 Å². The predicted molar refractivity (Wildman–Crippen MR) is 88.4 cm³/mol. The summed E-state index contributed by atoms with van der Waals surface area (Å²) in [5.41, 5.74) is 0.931. The van der Waals surface area contributed by atoms with Crippen molar-refractivity contribution in [3.05, 3.63) is 18.0 Å². The normalized spacial score (nSPS) is 24.5. The molecule has 0 N–H and O–H groups in total. The van der Waals surface area contributed by atoms with Gasteiger partial charge in [0.1, 0.15) is 5.69 Å². The van der Waals surface area contributed by atoms with Gasteiger partial charge in [-0.15, -0.1) is 0 Å². The second-order valence-corrected chi connectivity index (χ2v) is 6.82. The van der Waals surface area contributed by atoms with E-state index in [1.54, 1.807) is 16.9 Å². The third-order valence-corrected chi connectivity index (χ3v) is 5.77. The Labute approximate surface area is 138 Å². The monoisotopic (exact) mass is 320 g/mol. The number of rotatable bonds is 4. The highest BCUT2D eigenvalue weighted by atomic mass is 16.5. The van der Waals surface area contributed by atoms with E-state index in [1.165, 1.54) is 12.8 Å². The van der Waals surface area contributed by atoms with Crippen molar-refractivity contribution in [3.8, 4) is 0 Å². The van der Waals surface area contributed by atoms with Crippen LogP contribution >= 0.6 is 0 Å². The second kappa shape index (κ2) is 6.61. The molecule has 0 aromatic carbocycles. The first-order valence-corrected chi connectivity index (χ1v) is 8.65. The highest BCUT2D eigenvalue weighted by Gasteiger charge is 2.46. The Kier molecular flexibility index (Phi) is 4.73. The van der Waals surface area contributed by atoms with Crippen LogP contribution in [0.15, 0.2) is 12.3 Å². The number of carbonyl (C=O) groups is 1. The van der Waals surface area contributed by atoms with Crippen molar-refractivity contribution in [2.45, 2.75) is 44.2 Å². The number of carbonyl (C=O) groups excluding carboxylic acids is 1. The van der Waals surface area contributed by atoms with Gasteiger partial charge in [0.2, 0.25) is 0 Å². The standard InChI is InChI=1S/C17H28N4O2/c1-4-23-13-14-5-7-17(19(14)2)8-11-21(12-9-17)16(22)15-6-10-18-20(15)3/h6,10,14H,4-5,7-9,11-13H2,1-3H3/t14-/m0/s1. The molecule has 3 heterocycles. The van der Waals surface area contributed by atoms with E-state index in [2.05, 4.69) is 17.0 Å². The molecule has 2 saturated heterocycles. The highest BCUT2D eigenvalue weighted by Crippen LogP contribution is 2.40. The molecule has 6 heteroatoms. The van der Waals surface area contributed by atoms with Gasteiger partial charge in [-0.05, 0) is 45.7 Å². The summed E-state index contributed by atoms with van der Waals surface area (Å²) >= 11 is 0. The molecule has 23 heavy (non-hydrogen) atoms. The maximum atomic E-state index is 12.6. The Morgan fingerprint density at radius 2 is 2.09 bits per heavy atom. The van der Waals surface area contributed by atoms with E-state index in [0.717, 1.165) is 39.1 Å². The van der Waals surface area contributed by atoms with Crippen molar-refractivity contribution in [1.29, 1.82) is 0 Å². The number of aromatic nitrogens is 2. The smallest absolute Gasteiger partial charge is 0.272 e. The van der Waals surface area contributed by atoms with Gasteiger partial charge in [0.05, 0.1) is 6.61 Å². The predicted octanol–water partition coefficient (Wildman–Crippen LogP) is 1.53. The van der Waals surface area contributed by atoms with Gasteiger partial charge in [-0.25, -0.2) is 0 Å². The minimum absolute atomic E-state index is 0.103. The summed E-state index contributed by atoms with van der Waals surface area (Å²) in [6, 6.07) is 2.32. The fourth-order valence-corrected chi connectivity index (χ4v) is 4.12. The van der Waals surface area contributed by atoms with E-state index >= 15 is 0 Å². The molecular weight excluding hydrogens is 292 g/mol. The van der Waals surface area contributed by atoms with Crippen LogP contribution in [0.25, 0.3) is 0 Å². The largest absolute Gasteiger partial charge is 0.380 e. The number of nitrogens with zero attached hydrogens (tertiary/aromatic N) is 4. The number of hydrogen-bond acceptors (Lipinski definition) is 4. The first-order chi connectivity index (χ1) is 11.1. The lowest BCUT2D eigenvalue weighted by molar-refractivity contribution is 0.0207. The highest BCUT2D eigenvalue weighted by molar-refractivity contribution is 5.92. The van der Waals surface area contributed by atoms with E-state index in [0.29, 0.717) is 11.7 Å². The second-order valence-electron chi connectivity index (χ2n) is 6.82. The summed E-state index contributed by atoms with van der Waals surface area (Å²) in [5, 5.41) is 4.10. The summed E-state index contributed by atoms with van der Waals surface area (Å²) in [7, 11) is 4.05. The van der Waals surface area contributed by atoms with Crippen LogP contribution in [0.4, 0.5) is 0 Å². The van der Waals surface area contributed by atoms with Crippen LogP contribution < -0.4 is 0 Å². The van der Waals surface area contributed by atoms with Gasteiger partial charge in [-0.1, -0.05) is 0 Å². The molecule has 3 rings (SSSR count). The van der Waals surface area contributed by atoms with E-state index in [-0.39, 0.29) is 11.4 Å². The van der Waals surface area contributed by atoms with Crippen molar-refractivity contribution >= 4 is 5.91 Å². The molecule has 1 amide bonds. The molecule has 2 aliphatic rings. The summed E-state index contributed by atoms with van der Waals surface area (Å²) in [5.74, 6) is 0.103. The van der Waals surface area contributed by atoms with Crippen molar-refractivity contribution < 1.29 is 9.53 Å². The van der Waals surface area contributed by atoms with Crippen molar-refractivity contribution in [3.63, 3.8) is 0 Å². The summed E-state index contributed by atoms with van der Waals surface area (Å²) in [6.45, 7) is 5.31. The Hall–Kier alpha value is -1.40. The molecule has 0 unspecified atom stereocenters. The number of aryl methyl sites for hydroxylation is 1. The molecule has 1 spiro atoms. The van der Waals surface area contributed by atoms with Crippen LogP contribution in [0.5, 0.6) is 0 Å². The molecule has 1 atom stereocenters. The maximum Gasteiger partial charge on any atom is 0.272 e. The summed E-state index contributed by atoms with van der Waals surface area (Å²) in [4.78, 5) is 17.1. The van der Waals surface area contributed by atoms with Gasteiger partial charge in [-0.2, -0.15) is 5.10 Å². The van der Waals surface area contributed by atoms with Gasteiger partial charge in [0, 0.05) is 44.5 Å². The number of likely N-dealkylation sites (N-methyl/N-ethyl adjacent to an activating group) is 1. The minimum Gasteiger partial charge on any atom is -0.380 e. The quantitative estimate of drug-likeness (QED) is 0.844. The Bertz CT molecular complexity index is 549. The van der Waals surface area contributed by atoms with E-state index < -0.39 is 0 Å². The van der Waals surface area contributed by atoms with Crippen LogP contribution in [0.1, 0.15) is 43.1 Å². The minimum atomic E-state index is 0.103. The lowest BCUT2D eigenvalue weighted by Crippen LogP contribution is -2.54. The third kappa shape index (κ3) is 3.02. The molecule has 1 aromatic rings. The first kappa shape index (κ1) is 16.5. The Morgan fingerprint density at radius 3 is 2.70 bits per heavy atom. The van der Waals surface area contributed by atoms with Crippen LogP contribution in [-0.4, -0.2) is 70.4 Å². The average Bonchev–Trinajstić information content (AvgIpc) is 3.11. The molecule has 0 aliphatic carbocycles. The maximum absolute atomic E-state index is 12.6. The topological polar surface area (TPSA) is 50.6 Å². The van der Waals surface area contributed by atoms with Crippen LogP contribution in [0, 0.1) is 0 Å². The molecule has 0 saturated carbocycles. The van der Waals surface area contributed by atoms with Gasteiger partial charge in [-0.3, -0.25) is 14.4 Å². The van der Waals surface area contributed by atoms with Gasteiger partial charge in [0.15, 0.2) is 0 Å². The number of hydrogen-bond donors (Lipinski definition) is 0. The first-order valence-electron chi connectivity index (χ1n) is 8.65. The SMILES string of the molecule is CCOC[C@@H]1CCC2(CCN(C(=O)c3ccnn3C)CC2)N1C. The molecule has 128 valence electrons. The fraction of sp³-hybridized carbons (Fsp3) is 0.765. The van der Waals surface area contributed by atoms with E-state index in [1.807, 2.05) is 18.9 Å². The molecule has 2 aliphatic heterocycles. The van der Waals surface area contributed by atoms with Crippen LogP contribution in [0.3, 0.4) is 0 Å². The zero-order valence-electron chi connectivity index (χ0n) is 14.5. The average molecular weight is 320 g/mol. The van der Waals surface area contributed by atoms with Crippen molar-refractivity contribution in [1.82, 2.24) is 19.6 Å². The number of ether oxygens (including phenoxy) is 1. The molecule has 6 nitrogen and oxygen atoms in total. The molecular formula is C17H28N4O2. The molecule has 0 radical (unpaired) electrons. The Morgan fingerprint density at radius 1 is 1.35 bits per heavy atom. The molecule has 1 aromatic heterocycles. The van der Waals surface area contributed by atoms with Crippen molar-refractivity contribution in [2.75, 3.05) is 33.4 Å². The zero-order chi connectivity index (χ0) is 16.4. The third-order valence-electron chi connectivity index (χ3n) is 5.77. The van der Waals surface area contributed by atoms with E-state index in [4.69, 9.17) is 4.74 Å². The van der Waals surface area contributed by atoms with E-state index in [9.17, 15) is 4.79 Å². The van der Waals surface area contributed by atoms with Crippen LogP contribution in [-0.2, 0) is 11.8 Å². The number of piperidine rings is 1. The summed E-state index contributed by atoms with van der Waals surface area (Å²) < 4.78 is 7.29.